The van der Waals surface area contributed by atoms with E-state index >= 15 is 0 Å². The zero-order chi connectivity index (χ0) is 16.1. The Hall–Kier alpha value is -1.99. The molecule has 0 unspecified atom stereocenters. The third-order valence-electron chi connectivity index (χ3n) is 2.86. The summed E-state index contributed by atoms with van der Waals surface area (Å²) in [6.45, 7) is 2.46. The molecular weight excluding hydrogens is 314 g/mol. The van der Waals surface area contributed by atoms with Gasteiger partial charge < -0.3 is 14.2 Å². The van der Waals surface area contributed by atoms with E-state index < -0.39 is 24.0 Å². The van der Waals surface area contributed by atoms with Crippen molar-refractivity contribution in [3.05, 3.63) is 23.0 Å². The highest BCUT2D eigenvalue weighted by atomic mass is 35.5. The zero-order valence-electron chi connectivity index (χ0n) is 11.8. The molecule has 1 aromatic rings. The third kappa shape index (κ3) is 4.02. The molecule has 118 valence electrons. The molecule has 0 aromatic carbocycles. The summed E-state index contributed by atoms with van der Waals surface area (Å²) >= 11 is 5.79. The number of nitrogens with zero attached hydrogens (tertiary/aromatic N) is 1. The first-order valence-electron chi connectivity index (χ1n) is 6.64. The van der Waals surface area contributed by atoms with Gasteiger partial charge in [0.1, 0.15) is 17.0 Å². The average Bonchev–Trinajstić information content (AvgIpc) is 2.43. The van der Waals surface area contributed by atoms with E-state index in [2.05, 4.69) is 9.72 Å². The van der Waals surface area contributed by atoms with Gasteiger partial charge in [-0.15, -0.1) is 0 Å². The summed E-state index contributed by atoms with van der Waals surface area (Å²) in [6, 6.07) is 1.39. The van der Waals surface area contributed by atoms with Crippen LogP contribution in [-0.2, 0) is 19.1 Å². The van der Waals surface area contributed by atoms with E-state index in [0.29, 0.717) is 13.2 Å². The van der Waals surface area contributed by atoms with Gasteiger partial charge in [-0.1, -0.05) is 11.6 Å². The van der Waals surface area contributed by atoms with E-state index in [0.717, 1.165) is 0 Å². The minimum Gasteiger partial charge on any atom is -0.485 e. The van der Waals surface area contributed by atoms with Crippen LogP contribution in [0.1, 0.15) is 23.7 Å². The summed E-state index contributed by atoms with van der Waals surface area (Å²) in [5.41, 5.74) is 0.0916. The van der Waals surface area contributed by atoms with Crippen molar-refractivity contribution < 1.29 is 28.6 Å². The van der Waals surface area contributed by atoms with Crippen LogP contribution in [0.5, 0.6) is 5.75 Å². The Morgan fingerprint density at radius 3 is 2.73 bits per heavy atom. The standard InChI is InChI=1S/C14H14ClNO6/c1-2-21-14(19)11(18)3-10(17)9-5-16-13(15)4-12(9)22-8-6-20-7-8/h4-5,8H,2-3,6-7H2,1H3. The molecule has 2 heterocycles. The van der Waals surface area contributed by atoms with Crippen LogP contribution >= 0.6 is 11.6 Å². The van der Waals surface area contributed by atoms with Gasteiger partial charge in [-0.2, -0.15) is 0 Å². The van der Waals surface area contributed by atoms with E-state index in [1.54, 1.807) is 6.92 Å². The maximum absolute atomic E-state index is 12.2. The number of ketones is 2. The topological polar surface area (TPSA) is 91.8 Å². The van der Waals surface area contributed by atoms with Crippen molar-refractivity contribution in [3.63, 3.8) is 0 Å². The van der Waals surface area contributed by atoms with Gasteiger partial charge in [-0.05, 0) is 6.92 Å². The van der Waals surface area contributed by atoms with Gasteiger partial charge >= 0.3 is 5.97 Å². The minimum atomic E-state index is -1.03. The number of esters is 1. The first kappa shape index (κ1) is 16.4. The third-order valence-corrected chi connectivity index (χ3v) is 3.07. The van der Waals surface area contributed by atoms with Crippen molar-refractivity contribution >= 4 is 29.1 Å². The molecular formula is C14H14ClNO6. The van der Waals surface area contributed by atoms with Crippen LogP contribution in [-0.4, -0.2) is 48.4 Å². The molecule has 0 aliphatic carbocycles. The lowest BCUT2D eigenvalue weighted by Crippen LogP contribution is -2.39. The minimum absolute atomic E-state index is 0.0668. The van der Waals surface area contributed by atoms with Gasteiger partial charge in [0.25, 0.3) is 0 Å². The molecule has 0 N–H and O–H groups in total. The largest absolute Gasteiger partial charge is 0.485 e. The number of carbonyl (C=O) groups is 3. The van der Waals surface area contributed by atoms with Gasteiger partial charge in [0.15, 0.2) is 5.78 Å². The number of halogens is 1. The maximum Gasteiger partial charge on any atom is 0.375 e. The lowest BCUT2D eigenvalue weighted by Gasteiger charge is -2.27. The Labute approximate surface area is 131 Å². The van der Waals surface area contributed by atoms with Crippen molar-refractivity contribution in [1.82, 2.24) is 4.98 Å². The van der Waals surface area contributed by atoms with Crippen molar-refractivity contribution in [2.75, 3.05) is 19.8 Å². The Bertz CT molecular complexity index is 599. The number of pyridine rings is 1. The van der Waals surface area contributed by atoms with E-state index in [1.165, 1.54) is 12.3 Å². The quantitative estimate of drug-likeness (QED) is 0.244. The van der Waals surface area contributed by atoms with Crippen LogP contribution in [0.25, 0.3) is 0 Å². The molecule has 1 saturated heterocycles. The SMILES string of the molecule is CCOC(=O)C(=O)CC(=O)c1cnc(Cl)cc1OC1COC1. The summed E-state index contributed by atoms with van der Waals surface area (Å²) in [5.74, 6) is -2.32. The number of hydrogen-bond donors (Lipinski definition) is 0. The van der Waals surface area contributed by atoms with Gasteiger partial charge in [0.05, 0.1) is 31.8 Å². The highest BCUT2D eigenvalue weighted by Gasteiger charge is 2.26. The Morgan fingerprint density at radius 1 is 1.41 bits per heavy atom. The summed E-state index contributed by atoms with van der Waals surface area (Å²) in [4.78, 5) is 38.8. The molecule has 1 aromatic heterocycles. The summed E-state index contributed by atoms with van der Waals surface area (Å²) in [7, 11) is 0. The lowest BCUT2D eigenvalue weighted by molar-refractivity contribution is -0.153. The fourth-order valence-electron chi connectivity index (χ4n) is 1.71. The van der Waals surface area contributed by atoms with E-state index in [1.807, 2.05) is 0 Å². The summed E-state index contributed by atoms with van der Waals surface area (Å²) < 4.78 is 15.1. The molecule has 8 heteroatoms. The molecule has 2 rings (SSSR count). The number of Topliss-reactive ketones (excluding diaryl/α,β-unsaturated/α-hetero) is 2. The molecule has 0 radical (unpaired) electrons. The van der Waals surface area contributed by atoms with Crippen LogP contribution in [0, 0.1) is 0 Å². The number of rotatable bonds is 7. The molecule has 0 atom stereocenters. The first-order chi connectivity index (χ1) is 10.5. The number of ether oxygens (including phenoxy) is 3. The van der Waals surface area contributed by atoms with Crippen LogP contribution < -0.4 is 4.74 Å². The lowest BCUT2D eigenvalue weighted by atomic mass is 10.1. The molecule has 0 amide bonds. The van der Waals surface area contributed by atoms with Crippen molar-refractivity contribution in [2.45, 2.75) is 19.4 Å². The normalized spacial score (nSPS) is 14.1. The predicted molar refractivity (Wildman–Crippen MR) is 75.1 cm³/mol. The molecule has 0 bridgehead atoms. The molecule has 0 spiro atoms. The second-order valence-electron chi connectivity index (χ2n) is 4.52. The highest BCUT2D eigenvalue weighted by molar-refractivity contribution is 6.38. The van der Waals surface area contributed by atoms with Gasteiger partial charge in [0.2, 0.25) is 5.78 Å². The van der Waals surface area contributed by atoms with Crippen LogP contribution in [0.15, 0.2) is 12.3 Å². The second kappa shape index (κ2) is 7.33. The van der Waals surface area contributed by atoms with Crippen molar-refractivity contribution in [1.29, 1.82) is 0 Å². The second-order valence-corrected chi connectivity index (χ2v) is 4.91. The summed E-state index contributed by atoms with van der Waals surface area (Å²) in [6.07, 6.45) is 0.434. The van der Waals surface area contributed by atoms with Gasteiger partial charge in [-0.3, -0.25) is 9.59 Å². The molecule has 0 saturated carbocycles. The molecule has 22 heavy (non-hydrogen) atoms. The molecule has 1 aliphatic rings. The van der Waals surface area contributed by atoms with Gasteiger partial charge in [0, 0.05) is 12.3 Å². The Kier molecular flexibility index (Phi) is 5.46. The molecule has 1 fully saturated rings. The van der Waals surface area contributed by atoms with Crippen LogP contribution in [0.2, 0.25) is 5.15 Å². The molecule has 1 aliphatic heterocycles. The number of aromatic nitrogens is 1. The van der Waals surface area contributed by atoms with Gasteiger partial charge in [-0.25, -0.2) is 9.78 Å². The van der Waals surface area contributed by atoms with Crippen molar-refractivity contribution in [2.24, 2.45) is 0 Å². The van der Waals surface area contributed by atoms with E-state index in [-0.39, 0.29) is 29.2 Å². The van der Waals surface area contributed by atoms with Crippen LogP contribution in [0.4, 0.5) is 0 Å². The fourth-order valence-corrected chi connectivity index (χ4v) is 1.85. The Morgan fingerprint density at radius 2 is 2.14 bits per heavy atom. The van der Waals surface area contributed by atoms with E-state index in [9.17, 15) is 14.4 Å². The predicted octanol–water partition coefficient (Wildman–Crippen LogP) is 1.22. The number of carbonyl (C=O) groups excluding carboxylic acids is 3. The smallest absolute Gasteiger partial charge is 0.375 e. The highest BCUT2D eigenvalue weighted by Crippen LogP contribution is 2.25. The fraction of sp³-hybridized carbons (Fsp3) is 0.429. The average molecular weight is 328 g/mol. The number of hydrogen-bond acceptors (Lipinski definition) is 7. The van der Waals surface area contributed by atoms with E-state index in [4.69, 9.17) is 21.1 Å². The zero-order valence-corrected chi connectivity index (χ0v) is 12.6. The summed E-state index contributed by atoms with van der Waals surface area (Å²) in [5, 5.41) is 0.156. The first-order valence-corrected chi connectivity index (χ1v) is 7.02. The van der Waals surface area contributed by atoms with Crippen molar-refractivity contribution in [3.8, 4) is 5.75 Å². The maximum atomic E-state index is 12.2. The monoisotopic (exact) mass is 327 g/mol. The Balaban J connectivity index is 2.10. The molecule has 7 nitrogen and oxygen atoms in total. The van der Waals surface area contributed by atoms with Crippen LogP contribution in [0.3, 0.4) is 0 Å².